The van der Waals surface area contributed by atoms with Crippen molar-refractivity contribution in [1.82, 2.24) is 20.5 Å². The highest BCUT2D eigenvalue weighted by atomic mass is 15.1. The van der Waals surface area contributed by atoms with E-state index >= 15 is 0 Å². The van der Waals surface area contributed by atoms with Gasteiger partial charge in [-0.15, -0.1) is 0 Å². The fraction of sp³-hybridized carbons (Fsp3) is 0.333. The van der Waals surface area contributed by atoms with Crippen LogP contribution in [0.3, 0.4) is 0 Å². The summed E-state index contributed by atoms with van der Waals surface area (Å²) in [6.07, 6.45) is 4.58. The molecule has 0 saturated carbocycles. The summed E-state index contributed by atoms with van der Waals surface area (Å²) in [4.78, 5) is 4.12. The molecule has 0 radical (unpaired) electrons. The predicted octanol–water partition coefficient (Wildman–Crippen LogP) is 1.75. The molecule has 84 valence electrons. The van der Waals surface area contributed by atoms with Crippen molar-refractivity contribution in [3.63, 3.8) is 0 Å². The molecule has 0 fully saturated rings. The van der Waals surface area contributed by atoms with Gasteiger partial charge in [0.15, 0.2) is 0 Å². The minimum Gasteiger partial charge on any atom is -0.316 e. The zero-order valence-electron chi connectivity index (χ0n) is 9.62. The molecule has 0 saturated heterocycles. The average molecular weight is 216 g/mol. The van der Waals surface area contributed by atoms with Crippen LogP contribution in [0.2, 0.25) is 0 Å². The number of aryl methyl sites for hydroxylation is 1. The van der Waals surface area contributed by atoms with Gasteiger partial charge in [-0.25, -0.2) is 0 Å². The first kappa shape index (κ1) is 10.8. The smallest absolute Gasteiger partial charge is 0.0983 e. The monoisotopic (exact) mass is 216 g/mol. The van der Waals surface area contributed by atoms with Gasteiger partial charge < -0.3 is 5.32 Å². The summed E-state index contributed by atoms with van der Waals surface area (Å²) in [5, 5.41) is 10.6. The van der Waals surface area contributed by atoms with Crippen LogP contribution in [0.5, 0.6) is 0 Å². The normalized spacial score (nSPS) is 10.6. The van der Waals surface area contributed by atoms with E-state index in [1.165, 1.54) is 11.3 Å². The van der Waals surface area contributed by atoms with Crippen molar-refractivity contribution in [3.8, 4) is 11.3 Å². The van der Waals surface area contributed by atoms with Crippen LogP contribution in [0, 0.1) is 0 Å². The SMILES string of the molecule is CCc1[nH]nc(-c2cccnc2)c1CNC. The summed E-state index contributed by atoms with van der Waals surface area (Å²) in [5.74, 6) is 0. The molecule has 2 aromatic rings. The number of rotatable bonds is 4. The summed E-state index contributed by atoms with van der Waals surface area (Å²) in [7, 11) is 1.94. The molecule has 0 aliphatic rings. The molecule has 0 atom stereocenters. The lowest BCUT2D eigenvalue weighted by molar-refractivity contribution is 0.805. The third-order valence-electron chi connectivity index (χ3n) is 2.59. The number of nitrogens with one attached hydrogen (secondary N) is 2. The molecule has 2 rings (SSSR count). The molecule has 0 aliphatic carbocycles. The van der Waals surface area contributed by atoms with Crippen molar-refractivity contribution in [2.45, 2.75) is 19.9 Å². The second-order valence-electron chi connectivity index (χ2n) is 3.65. The molecule has 0 bridgehead atoms. The summed E-state index contributed by atoms with van der Waals surface area (Å²) < 4.78 is 0. The first-order chi connectivity index (χ1) is 7.86. The van der Waals surface area contributed by atoms with Crippen LogP contribution >= 0.6 is 0 Å². The first-order valence-corrected chi connectivity index (χ1v) is 5.48. The van der Waals surface area contributed by atoms with E-state index in [-0.39, 0.29) is 0 Å². The number of hydrogen-bond acceptors (Lipinski definition) is 3. The van der Waals surface area contributed by atoms with E-state index in [1.54, 1.807) is 6.20 Å². The van der Waals surface area contributed by atoms with Gasteiger partial charge in [0.25, 0.3) is 0 Å². The molecule has 2 N–H and O–H groups in total. The number of nitrogens with zero attached hydrogens (tertiary/aromatic N) is 2. The highest BCUT2D eigenvalue weighted by Crippen LogP contribution is 2.23. The van der Waals surface area contributed by atoms with Gasteiger partial charge in [0.2, 0.25) is 0 Å². The fourth-order valence-corrected chi connectivity index (χ4v) is 1.80. The second-order valence-corrected chi connectivity index (χ2v) is 3.65. The molecule has 0 spiro atoms. The second kappa shape index (κ2) is 4.90. The molecule has 2 aromatic heterocycles. The molecule has 2 heterocycles. The van der Waals surface area contributed by atoms with Gasteiger partial charge in [0.05, 0.1) is 5.69 Å². The molecular formula is C12H16N4. The fourth-order valence-electron chi connectivity index (χ4n) is 1.80. The summed E-state index contributed by atoms with van der Waals surface area (Å²) in [6.45, 7) is 2.95. The highest BCUT2D eigenvalue weighted by Gasteiger charge is 2.12. The maximum Gasteiger partial charge on any atom is 0.0983 e. The Bertz CT molecular complexity index is 447. The van der Waals surface area contributed by atoms with Gasteiger partial charge in [0, 0.05) is 35.8 Å². The summed E-state index contributed by atoms with van der Waals surface area (Å²) in [6, 6.07) is 3.96. The van der Waals surface area contributed by atoms with Crippen LogP contribution in [0.25, 0.3) is 11.3 Å². The van der Waals surface area contributed by atoms with Crippen LogP contribution in [-0.2, 0) is 13.0 Å². The summed E-state index contributed by atoms with van der Waals surface area (Å²) >= 11 is 0. The quantitative estimate of drug-likeness (QED) is 0.818. The number of pyridine rings is 1. The van der Waals surface area contributed by atoms with Crippen LogP contribution in [-0.4, -0.2) is 22.2 Å². The zero-order valence-corrected chi connectivity index (χ0v) is 9.62. The minimum atomic E-state index is 0.823. The topological polar surface area (TPSA) is 53.6 Å². The maximum absolute atomic E-state index is 4.37. The largest absolute Gasteiger partial charge is 0.316 e. The summed E-state index contributed by atoms with van der Waals surface area (Å²) in [5.41, 5.74) is 4.48. The molecule has 16 heavy (non-hydrogen) atoms. The Morgan fingerprint density at radius 1 is 1.44 bits per heavy atom. The molecule has 0 aromatic carbocycles. The predicted molar refractivity (Wildman–Crippen MR) is 64.0 cm³/mol. The lowest BCUT2D eigenvalue weighted by atomic mass is 10.1. The molecule has 0 amide bonds. The van der Waals surface area contributed by atoms with Gasteiger partial charge in [-0.1, -0.05) is 6.92 Å². The van der Waals surface area contributed by atoms with Gasteiger partial charge in [-0.2, -0.15) is 5.10 Å². The highest BCUT2D eigenvalue weighted by molar-refractivity contribution is 5.62. The maximum atomic E-state index is 4.37. The van der Waals surface area contributed by atoms with E-state index in [9.17, 15) is 0 Å². The lowest BCUT2D eigenvalue weighted by Crippen LogP contribution is -2.07. The first-order valence-electron chi connectivity index (χ1n) is 5.48. The number of aromatic amines is 1. The van der Waals surface area contributed by atoms with Gasteiger partial charge in [-0.05, 0) is 25.6 Å². The van der Waals surface area contributed by atoms with E-state index in [0.29, 0.717) is 0 Å². The molecule has 4 heteroatoms. The van der Waals surface area contributed by atoms with Crippen molar-refractivity contribution in [2.75, 3.05) is 7.05 Å². The van der Waals surface area contributed by atoms with Crippen LogP contribution in [0.15, 0.2) is 24.5 Å². The van der Waals surface area contributed by atoms with E-state index in [4.69, 9.17) is 0 Å². The Kier molecular flexibility index (Phi) is 3.31. The van der Waals surface area contributed by atoms with Gasteiger partial charge >= 0.3 is 0 Å². The van der Waals surface area contributed by atoms with Crippen LogP contribution in [0.1, 0.15) is 18.2 Å². The number of aromatic nitrogens is 3. The average Bonchev–Trinajstić information content (AvgIpc) is 2.74. The Morgan fingerprint density at radius 3 is 2.94 bits per heavy atom. The molecule has 0 unspecified atom stereocenters. The van der Waals surface area contributed by atoms with Crippen LogP contribution < -0.4 is 5.32 Å². The van der Waals surface area contributed by atoms with Crippen molar-refractivity contribution >= 4 is 0 Å². The van der Waals surface area contributed by atoms with Crippen molar-refractivity contribution in [3.05, 3.63) is 35.8 Å². The molecule has 4 nitrogen and oxygen atoms in total. The van der Waals surface area contributed by atoms with E-state index in [1.807, 2.05) is 25.4 Å². The number of hydrogen-bond donors (Lipinski definition) is 2. The van der Waals surface area contributed by atoms with E-state index in [2.05, 4.69) is 27.4 Å². The number of H-pyrrole nitrogens is 1. The Labute approximate surface area is 95.1 Å². The molecular weight excluding hydrogens is 200 g/mol. The zero-order chi connectivity index (χ0) is 11.4. The molecule has 0 aliphatic heterocycles. The van der Waals surface area contributed by atoms with Crippen LogP contribution in [0.4, 0.5) is 0 Å². The standard InChI is InChI=1S/C12H16N4/c1-3-11-10(8-13-2)12(16-15-11)9-5-4-6-14-7-9/h4-7,13H,3,8H2,1-2H3,(H,15,16). The third kappa shape index (κ3) is 1.97. The van der Waals surface area contributed by atoms with Gasteiger partial charge in [0.1, 0.15) is 0 Å². The Morgan fingerprint density at radius 2 is 2.31 bits per heavy atom. The third-order valence-corrected chi connectivity index (χ3v) is 2.59. The van der Waals surface area contributed by atoms with E-state index in [0.717, 1.165) is 24.2 Å². The van der Waals surface area contributed by atoms with Crippen molar-refractivity contribution < 1.29 is 0 Å². The minimum absolute atomic E-state index is 0.823. The van der Waals surface area contributed by atoms with Crippen molar-refractivity contribution in [2.24, 2.45) is 0 Å². The Balaban J connectivity index is 2.44. The van der Waals surface area contributed by atoms with Gasteiger partial charge in [-0.3, -0.25) is 10.1 Å². The Hall–Kier alpha value is -1.68. The lowest BCUT2D eigenvalue weighted by Gasteiger charge is -2.03. The van der Waals surface area contributed by atoms with E-state index < -0.39 is 0 Å². The van der Waals surface area contributed by atoms with Crippen molar-refractivity contribution in [1.29, 1.82) is 0 Å².